The Morgan fingerprint density at radius 3 is 2.41 bits per heavy atom. The largest absolute Gasteiger partial charge is 0.493 e. The first-order valence-electron chi connectivity index (χ1n) is 9.16. The fourth-order valence-electron chi connectivity index (χ4n) is 3.49. The third kappa shape index (κ3) is 5.36. The molecule has 0 fully saturated rings. The van der Waals surface area contributed by atoms with Gasteiger partial charge in [0, 0.05) is 17.0 Å². The van der Waals surface area contributed by atoms with Crippen LogP contribution in [0, 0.1) is 0 Å². The zero-order chi connectivity index (χ0) is 19.2. The Balaban J connectivity index is 1.49. The summed E-state index contributed by atoms with van der Waals surface area (Å²) < 4.78 is 16.5. The molecule has 0 aliphatic carbocycles. The van der Waals surface area contributed by atoms with Gasteiger partial charge in [-0.2, -0.15) is 0 Å². The van der Waals surface area contributed by atoms with E-state index in [0.29, 0.717) is 24.8 Å². The van der Waals surface area contributed by atoms with Gasteiger partial charge >= 0.3 is 0 Å². The monoisotopic (exact) mass is 392 g/mol. The molecule has 0 radical (unpaired) electrons. The fraction of sp³-hybridized carbons (Fsp3) is 0.429. The van der Waals surface area contributed by atoms with Gasteiger partial charge in [-0.15, -0.1) is 0 Å². The van der Waals surface area contributed by atoms with E-state index >= 15 is 0 Å². The van der Waals surface area contributed by atoms with E-state index in [-0.39, 0.29) is 0 Å². The summed E-state index contributed by atoms with van der Waals surface area (Å²) in [7, 11) is 3.31. The lowest BCUT2D eigenvalue weighted by atomic mass is 9.98. The summed E-state index contributed by atoms with van der Waals surface area (Å²) >= 11 is 5.88. The number of hydrogen-bond acceptors (Lipinski definition) is 4. The first-order valence-corrected chi connectivity index (χ1v) is 9.54. The fourth-order valence-corrected chi connectivity index (χ4v) is 3.62. The van der Waals surface area contributed by atoms with Gasteiger partial charge in [-0.25, -0.2) is 0 Å². The number of ether oxygens (including phenoxy) is 3. The Labute approximate surface area is 165 Å². The first kappa shape index (κ1) is 20.0. The van der Waals surface area contributed by atoms with Gasteiger partial charge in [0.05, 0.1) is 34.0 Å². The van der Waals surface area contributed by atoms with E-state index < -0.39 is 6.10 Å². The van der Waals surface area contributed by atoms with Crippen LogP contribution < -0.4 is 14.4 Å². The molecule has 1 aliphatic heterocycles. The van der Waals surface area contributed by atoms with Crippen LogP contribution in [-0.2, 0) is 24.3 Å². The molecule has 0 bridgehead atoms. The molecule has 2 N–H and O–H groups in total. The van der Waals surface area contributed by atoms with Gasteiger partial charge in [0.25, 0.3) is 0 Å². The number of aliphatic hydroxyl groups is 1. The molecule has 0 saturated carbocycles. The molecule has 2 aromatic carbocycles. The lowest BCUT2D eigenvalue weighted by molar-refractivity contribution is -0.919. The smallest absolute Gasteiger partial charge is 0.161 e. The minimum Gasteiger partial charge on any atom is -0.493 e. The molecule has 0 aromatic heterocycles. The van der Waals surface area contributed by atoms with E-state index in [1.807, 2.05) is 24.3 Å². The van der Waals surface area contributed by atoms with E-state index in [1.165, 1.54) is 16.0 Å². The highest BCUT2D eigenvalue weighted by molar-refractivity contribution is 6.30. The molecule has 1 unspecified atom stereocenters. The third-order valence-electron chi connectivity index (χ3n) is 4.91. The number of hydrogen-bond donors (Lipinski definition) is 2. The molecular formula is C21H27ClNO4+. The maximum atomic E-state index is 10.3. The normalized spacial score (nSPS) is 17.3. The van der Waals surface area contributed by atoms with Crippen LogP contribution in [0.25, 0.3) is 0 Å². The van der Waals surface area contributed by atoms with Crippen LogP contribution in [0.2, 0.25) is 5.02 Å². The van der Waals surface area contributed by atoms with Crippen molar-refractivity contribution in [2.45, 2.75) is 25.7 Å². The highest BCUT2D eigenvalue weighted by atomic mass is 35.5. The third-order valence-corrected chi connectivity index (χ3v) is 5.16. The molecule has 1 aliphatic rings. The van der Waals surface area contributed by atoms with Gasteiger partial charge in [-0.05, 0) is 35.4 Å². The number of fused-ring (bicyclic) bond motifs is 1. The number of quaternary nitrogens is 1. The van der Waals surface area contributed by atoms with Crippen molar-refractivity contribution in [3.63, 3.8) is 0 Å². The maximum Gasteiger partial charge on any atom is 0.161 e. The van der Waals surface area contributed by atoms with E-state index in [9.17, 15) is 5.11 Å². The lowest BCUT2D eigenvalue weighted by Crippen LogP contribution is -3.12. The van der Waals surface area contributed by atoms with Gasteiger partial charge in [0.1, 0.15) is 19.2 Å². The molecule has 5 nitrogen and oxygen atoms in total. The average Bonchev–Trinajstić information content (AvgIpc) is 2.68. The van der Waals surface area contributed by atoms with Gasteiger partial charge in [0.15, 0.2) is 11.5 Å². The SMILES string of the molecule is COc1cc2c(cc1OC)C[NH+](C[C@@H](O)COCc1ccc(Cl)cc1)CC2. The van der Waals surface area contributed by atoms with Crippen molar-refractivity contribution < 1.29 is 24.2 Å². The number of nitrogens with one attached hydrogen (secondary N) is 1. The number of halogens is 1. The van der Waals surface area contributed by atoms with Crippen LogP contribution in [0.1, 0.15) is 16.7 Å². The van der Waals surface area contributed by atoms with Crippen molar-refractivity contribution in [3.05, 3.63) is 58.1 Å². The molecule has 0 saturated heterocycles. The average molecular weight is 393 g/mol. The molecule has 1 heterocycles. The molecule has 146 valence electrons. The van der Waals surface area contributed by atoms with Crippen LogP contribution in [-0.4, -0.2) is 45.1 Å². The van der Waals surface area contributed by atoms with Crippen molar-refractivity contribution in [2.24, 2.45) is 0 Å². The molecule has 0 spiro atoms. The highest BCUT2D eigenvalue weighted by Gasteiger charge is 2.24. The van der Waals surface area contributed by atoms with Crippen LogP contribution >= 0.6 is 11.6 Å². The lowest BCUT2D eigenvalue weighted by Gasteiger charge is -2.28. The molecule has 0 amide bonds. The Bertz CT molecular complexity index is 751. The van der Waals surface area contributed by atoms with E-state index in [0.717, 1.165) is 36.6 Å². The molecule has 6 heteroatoms. The molecule has 2 atom stereocenters. The summed E-state index contributed by atoms with van der Waals surface area (Å²) in [6, 6.07) is 11.7. The summed E-state index contributed by atoms with van der Waals surface area (Å²) in [4.78, 5) is 1.34. The second-order valence-corrected chi connectivity index (χ2v) is 7.34. The van der Waals surface area contributed by atoms with E-state index in [4.69, 9.17) is 25.8 Å². The van der Waals surface area contributed by atoms with Crippen LogP contribution in [0.5, 0.6) is 11.5 Å². The number of benzene rings is 2. The Morgan fingerprint density at radius 2 is 1.74 bits per heavy atom. The van der Waals surface area contributed by atoms with Gasteiger partial charge in [-0.1, -0.05) is 23.7 Å². The second kappa shape index (κ2) is 9.42. The van der Waals surface area contributed by atoms with Crippen molar-refractivity contribution in [3.8, 4) is 11.5 Å². The van der Waals surface area contributed by atoms with Crippen LogP contribution in [0.15, 0.2) is 36.4 Å². The number of rotatable bonds is 8. The summed E-state index contributed by atoms with van der Waals surface area (Å²) in [5.74, 6) is 1.53. The molecule has 2 aromatic rings. The standard InChI is InChI=1S/C21H26ClNO4/c1-25-20-9-16-7-8-23(11-17(16)10-21(20)26-2)12-19(24)14-27-13-15-3-5-18(22)6-4-15/h3-6,9-10,19,24H,7-8,11-14H2,1-2H3/p+1/t19-/m1/s1. The second-order valence-electron chi connectivity index (χ2n) is 6.90. The maximum absolute atomic E-state index is 10.3. The van der Waals surface area contributed by atoms with E-state index in [1.54, 1.807) is 14.2 Å². The van der Waals surface area contributed by atoms with Crippen molar-refractivity contribution >= 4 is 11.6 Å². The predicted molar refractivity (Wildman–Crippen MR) is 105 cm³/mol. The topological polar surface area (TPSA) is 52.4 Å². The van der Waals surface area contributed by atoms with Gasteiger partial charge in [-0.3, -0.25) is 0 Å². The molecular weight excluding hydrogens is 366 g/mol. The van der Waals surface area contributed by atoms with Gasteiger partial charge < -0.3 is 24.2 Å². The van der Waals surface area contributed by atoms with Gasteiger partial charge in [0.2, 0.25) is 0 Å². The Hall–Kier alpha value is -1.79. The van der Waals surface area contributed by atoms with E-state index in [2.05, 4.69) is 12.1 Å². The van der Waals surface area contributed by atoms with Crippen molar-refractivity contribution in [1.29, 1.82) is 0 Å². The molecule has 27 heavy (non-hydrogen) atoms. The first-order chi connectivity index (χ1) is 13.1. The number of aliphatic hydroxyl groups excluding tert-OH is 1. The summed E-state index contributed by atoms with van der Waals surface area (Å²) in [5, 5.41) is 11.1. The minimum absolute atomic E-state index is 0.324. The summed E-state index contributed by atoms with van der Waals surface area (Å²) in [6.45, 7) is 3.31. The van der Waals surface area contributed by atoms with Crippen LogP contribution in [0.3, 0.4) is 0 Å². The Kier molecular flexibility index (Phi) is 6.96. The zero-order valence-electron chi connectivity index (χ0n) is 15.8. The molecule has 3 rings (SSSR count). The van der Waals surface area contributed by atoms with Crippen molar-refractivity contribution in [2.75, 3.05) is 33.9 Å². The van der Waals surface area contributed by atoms with Crippen molar-refractivity contribution in [1.82, 2.24) is 0 Å². The predicted octanol–water partition coefficient (Wildman–Crippen LogP) is 1.88. The Morgan fingerprint density at radius 1 is 1.07 bits per heavy atom. The minimum atomic E-state index is -0.492. The zero-order valence-corrected chi connectivity index (χ0v) is 16.6. The quantitative estimate of drug-likeness (QED) is 0.720. The summed E-state index contributed by atoms with van der Waals surface area (Å²) in [5.41, 5.74) is 3.60. The summed E-state index contributed by atoms with van der Waals surface area (Å²) in [6.07, 6.45) is 0.470. The van der Waals surface area contributed by atoms with Crippen LogP contribution in [0.4, 0.5) is 0 Å². The highest BCUT2D eigenvalue weighted by Crippen LogP contribution is 2.31. The number of methoxy groups -OCH3 is 2.